The van der Waals surface area contributed by atoms with E-state index in [1.165, 1.54) is 12.1 Å². The van der Waals surface area contributed by atoms with Gasteiger partial charge < -0.3 is 10.2 Å². The van der Waals surface area contributed by atoms with Crippen LogP contribution in [-0.2, 0) is 16.1 Å². The highest BCUT2D eigenvalue weighted by Gasteiger charge is 2.22. The van der Waals surface area contributed by atoms with Crippen molar-refractivity contribution < 1.29 is 14.0 Å². The number of amides is 2. The lowest BCUT2D eigenvalue weighted by Gasteiger charge is -2.29. The molecule has 0 atom stereocenters. The van der Waals surface area contributed by atoms with E-state index < -0.39 is 0 Å². The highest BCUT2D eigenvalue weighted by Crippen LogP contribution is 2.08. The fourth-order valence-electron chi connectivity index (χ4n) is 2.32. The third-order valence-corrected chi connectivity index (χ3v) is 3.49. The molecule has 1 fully saturated rings. The first-order chi connectivity index (χ1) is 10.1. The van der Waals surface area contributed by atoms with Crippen molar-refractivity contribution in [3.8, 4) is 0 Å². The molecule has 0 radical (unpaired) electrons. The largest absolute Gasteiger partial charge is 0.353 e. The summed E-state index contributed by atoms with van der Waals surface area (Å²) >= 11 is 0. The number of likely N-dealkylation sites (N-methyl/N-ethyl adjacent to an activating group) is 1. The molecule has 0 saturated carbocycles. The predicted octanol–water partition coefficient (Wildman–Crippen LogP) is 0.606. The number of halogens is 1. The van der Waals surface area contributed by atoms with Gasteiger partial charge in [0, 0.05) is 19.6 Å². The van der Waals surface area contributed by atoms with E-state index in [4.69, 9.17) is 0 Å². The molecule has 1 aliphatic heterocycles. The highest BCUT2D eigenvalue weighted by atomic mass is 19.1. The lowest BCUT2D eigenvalue weighted by molar-refractivity contribution is -0.139. The Morgan fingerprint density at radius 3 is 2.95 bits per heavy atom. The molecule has 21 heavy (non-hydrogen) atoms. The van der Waals surface area contributed by atoms with Gasteiger partial charge in [-0.25, -0.2) is 4.39 Å². The Kier molecular flexibility index (Phi) is 5.27. The van der Waals surface area contributed by atoms with Crippen LogP contribution in [0.15, 0.2) is 24.3 Å². The van der Waals surface area contributed by atoms with Gasteiger partial charge in [0.05, 0.1) is 13.1 Å². The molecule has 6 heteroatoms. The maximum absolute atomic E-state index is 13.2. The van der Waals surface area contributed by atoms with Crippen LogP contribution in [0.2, 0.25) is 0 Å². The van der Waals surface area contributed by atoms with Gasteiger partial charge in [0.25, 0.3) is 0 Å². The Balaban J connectivity index is 1.92. The Morgan fingerprint density at radius 2 is 2.29 bits per heavy atom. The molecule has 2 amide bonds. The van der Waals surface area contributed by atoms with Gasteiger partial charge in [0.2, 0.25) is 11.8 Å². The molecule has 1 aromatic rings. The van der Waals surface area contributed by atoms with Crippen LogP contribution in [0.1, 0.15) is 12.5 Å². The lowest BCUT2D eigenvalue weighted by Crippen LogP contribution is -2.52. The highest BCUT2D eigenvalue weighted by molar-refractivity contribution is 5.86. The van der Waals surface area contributed by atoms with Crippen LogP contribution in [-0.4, -0.2) is 54.3 Å². The maximum atomic E-state index is 13.2. The fourth-order valence-corrected chi connectivity index (χ4v) is 2.32. The summed E-state index contributed by atoms with van der Waals surface area (Å²) in [5.74, 6) is -0.464. The second-order valence-electron chi connectivity index (χ2n) is 5.10. The van der Waals surface area contributed by atoms with E-state index in [0.717, 1.165) is 5.56 Å². The first-order valence-electron chi connectivity index (χ1n) is 7.09. The van der Waals surface area contributed by atoms with Crippen molar-refractivity contribution in [2.45, 2.75) is 13.5 Å². The maximum Gasteiger partial charge on any atom is 0.239 e. The summed E-state index contributed by atoms with van der Waals surface area (Å²) in [6.07, 6.45) is 0. The van der Waals surface area contributed by atoms with Crippen molar-refractivity contribution in [1.82, 2.24) is 15.1 Å². The van der Waals surface area contributed by atoms with Crippen LogP contribution in [0.3, 0.4) is 0 Å². The zero-order chi connectivity index (χ0) is 15.2. The van der Waals surface area contributed by atoms with Crippen molar-refractivity contribution >= 4 is 11.8 Å². The van der Waals surface area contributed by atoms with Gasteiger partial charge in [-0.1, -0.05) is 19.1 Å². The van der Waals surface area contributed by atoms with Gasteiger partial charge >= 0.3 is 0 Å². The number of hydrogen-bond donors (Lipinski definition) is 1. The summed E-state index contributed by atoms with van der Waals surface area (Å²) in [7, 11) is 0. The number of nitrogens with one attached hydrogen (secondary N) is 1. The summed E-state index contributed by atoms with van der Waals surface area (Å²) in [6.45, 7) is 4.55. The Hall–Kier alpha value is -1.95. The second-order valence-corrected chi connectivity index (χ2v) is 5.10. The minimum atomic E-state index is -0.275. The van der Waals surface area contributed by atoms with E-state index in [1.807, 2.05) is 17.9 Å². The van der Waals surface area contributed by atoms with E-state index in [-0.39, 0.29) is 30.7 Å². The third kappa shape index (κ3) is 4.53. The van der Waals surface area contributed by atoms with Crippen LogP contribution in [0.5, 0.6) is 0 Å². The molecule has 0 unspecified atom stereocenters. The summed E-state index contributed by atoms with van der Waals surface area (Å²) in [4.78, 5) is 27.0. The number of rotatable bonds is 5. The molecule has 0 aliphatic carbocycles. The zero-order valence-corrected chi connectivity index (χ0v) is 12.1. The van der Waals surface area contributed by atoms with Gasteiger partial charge in [-0.3, -0.25) is 14.5 Å². The molecule has 5 nitrogen and oxygen atoms in total. The van der Waals surface area contributed by atoms with Gasteiger partial charge in [-0.2, -0.15) is 0 Å². The number of carbonyl (C=O) groups excluding carboxylic acids is 2. The third-order valence-electron chi connectivity index (χ3n) is 3.49. The van der Waals surface area contributed by atoms with Crippen molar-refractivity contribution in [3.05, 3.63) is 35.6 Å². The number of piperazine rings is 1. The normalized spacial score (nSPS) is 15.2. The number of nitrogens with zero attached hydrogens (tertiary/aromatic N) is 2. The van der Waals surface area contributed by atoms with Crippen LogP contribution < -0.4 is 5.32 Å². The molecule has 1 aliphatic rings. The molecule has 1 heterocycles. The summed E-state index contributed by atoms with van der Waals surface area (Å²) < 4.78 is 13.2. The quantitative estimate of drug-likeness (QED) is 0.865. The molecule has 114 valence electrons. The smallest absolute Gasteiger partial charge is 0.239 e. The molecule has 1 saturated heterocycles. The first-order valence-corrected chi connectivity index (χ1v) is 7.09. The molecule has 2 rings (SSSR count). The standard InChI is InChI=1S/C15H20FN3O2/c1-2-18(9-12-4-3-5-13(16)8-12)11-15(21)19-7-6-17-14(20)10-19/h3-5,8H,2,6-7,9-11H2,1H3,(H,17,20). The summed E-state index contributed by atoms with van der Waals surface area (Å²) in [5, 5.41) is 2.69. The minimum absolute atomic E-state index is 0.0666. The van der Waals surface area contributed by atoms with Crippen molar-refractivity contribution in [2.75, 3.05) is 32.7 Å². The SMILES string of the molecule is CCN(CC(=O)N1CCNC(=O)C1)Cc1cccc(F)c1. The van der Waals surface area contributed by atoms with Crippen molar-refractivity contribution in [2.24, 2.45) is 0 Å². The van der Waals surface area contributed by atoms with Gasteiger partial charge in [-0.15, -0.1) is 0 Å². The van der Waals surface area contributed by atoms with E-state index in [1.54, 1.807) is 11.0 Å². The zero-order valence-electron chi connectivity index (χ0n) is 12.1. The number of hydrogen-bond acceptors (Lipinski definition) is 3. The summed E-state index contributed by atoms with van der Waals surface area (Å²) in [6, 6.07) is 6.37. The van der Waals surface area contributed by atoms with Gasteiger partial charge in [-0.05, 0) is 24.2 Å². The Morgan fingerprint density at radius 1 is 1.48 bits per heavy atom. The van der Waals surface area contributed by atoms with Crippen molar-refractivity contribution in [3.63, 3.8) is 0 Å². The summed E-state index contributed by atoms with van der Waals surface area (Å²) in [5.41, 5.74) is 0.834. The molecular weight excluding hydrogens is 273 g/mol. The monoisotopic (exact) mass is 293 g/mol. The second kappa shape index (κ2) is 7.17. The molecule has 1 aromatic carbocycles. The van der Waals surface area contributed by atoms with Crippen LogP contribution in [0, 0.1) is 5.82 Å². The molecule has 0 spiro atoms. The van der Waals surface area contributed by atoms with E-state index in [2.05, 4.69) is 5.32 Å². The lowest BCUT2D eigenvalue weighted by atomic mass is 10.2. The van der Waals surface area contributed by atoms with E-state index in [0.29, 0.717) is 26.2 Å². The van der Waals surface area contributed by atoms with Crippen LogP contribution >= 0.6 is 0 Å². The Bertz CT molecular complexity index is 521. The van der Waals surface area contributed by atoms with Crippen molar-refractivity contribution in [1.29, 1.82) is 0 Å². The van der Waals surface area contributed by atoms with E-state index >= 15 is 0 Å². The first kappa shape index (κ1) is 15.4. The van der Waals surface area contributed by atoms with Gasteiger partial charge in [0.15, 0.2) is 0 Å². The number of carbonyl (C=O) groups is 2. The van der Waals surface area contributed by atoms with Crippen LogP contribution in [0.4, 0.5) is 4.39 Å². The fraction of sp³-hybridized carbons (Fsp3) is 0.467. The minimum Gasteiger partial charge on any atom is -0.353 e. The molecular formula is C15H20FN3O2. The van der Waals surface area contributed by atoms with Crippen LogP contribution in [0.25, 0.3) is 0 Å². The molecule has 1 N–H and O–H groups in total. The predicted molar refractivity (Wildman–Crippen MR) is 76.9 cm³/mol. The molecule has 0 aromatic heterocycles. The molecule has 0 bridgehead atoms. The average molecular weight is 293 g/mol. The van der Waals surface area contributed by atoms with E-state index in [9.17, 15) is 14.0 Å². The number of benzene rings is 1. The average Bonchev–Trinajstić information content (AvgIpc) is 2.46. The van der Waals surface area contributed by atoms with Gasteiger partial charge in [0.1, 0.15) is 5.82 Å². The Labute approximate surface area is 123 Å². The topological polar surface area (TPSA) is 52.7 Å².